The van der Waals surface area contributed by atoms with Crippen LogP contribution in [0.1, 0.15) is 0 Å². The minimum absolute atomic E-state index is 0.578. The van der Waals surface area contributed by atoms with Gasteiger partial charge in [0.1, 0.15) is 0 Å². The molecule has 6 heteroatoms. The molecule has 0 amide bonds. The lowest BCUT2D eigenvalue weighted by atomic mass is 9.91. The summed E-state index contributed by atoms with van der Waals surface area (Å²) in [5.74, 6) is 0. The zero-order valence-electron chi connectivity index (χ0n) is 9.51. The molecule has 0 saturated carbocycles. The van der Waals surface area contributed by atoms with E-state index in [9.17, 15) is 10.2 Å². The van der Waals surface area contributed by atoms with Crippen molar-refractivity contribution >= 4 is 11.4 Å². The molecule has 0 bridgehead atoms. The second-order valence-electron chi connectivity index (χ2n) is 4.56. The van der Waals surface area contributed by atoms with Crippen LogP contribution < -0.4 is 22.1 Å². The van der Waals surface area contributed by atoms with Gasteiger partial charge in [-0.2, -0.15) is 0 Å². The van der Waals surface area contributed by atoms with Crippen LogP contribution in [0.3, 0.4) is 0 Å². The summed E-state index contributed by atoms with van der Waals surface area (Å²) in [6.45, 7) is 0. The van der Waals surface area contributed by atoms with Crippen LogP contribution in [0.5, 0.6) is 0 Å². The number of nitrogens with one attached hydrogen (secondary N) is 2. The predicted molar refractivity (Wildman–Crippen MR) is 68.1 cm³/mol. The quantitative estimate of drug-likeness (QED) is 0.347. The van der Waals surface area contributed by atoms with Crippen molar-refractivity contribution in [3.05, 3.63) is 47.8 Å². The van der Waals surface area contributed by atoms with E-state index >= 15 is 0 Å². The highest BCUT2D eigenvalue weighted by atomic mass is 16.4. The Balaban J connectivity index is 2.09. The highest BCUT2D eigenvalue weighted by Crippen LogP contribution is 2.36. The Bertz CT molecular complexity index is 524. The summed E-state index contributed by atoms with van der Waals surface area (Å²) >= 11 is 0. The zero-order valence-corrected chi connectivity index (χ0v) is 9.51. The minimum Gasteiger partial charge on any atom is -0.368 e. The molecule has 1 aromatic carbocycles. The molecular formula is C12H14N4O2. The average Bonchev–Trinajstić information content (AvgIpc) is 2.27. The van der Waals surface area contributed by atoms with Gasteiger partial charge in [0.05, 0.1) is 22.8 Å². The number of rotatable bonds is 0. The summed E-state index contributed by atoms with van der Waals surface area (Å²) in [6, 6.07) is 7.55. The van der Waals surface area contributed by atoms with E-state index in [4.69, 9.17) is 11.5 Å². The maximum absolute atomic E-state index is 9.90. The Morgan fingerprint density at radius 2 is 1.22 bits per heavy atom. The number of para-hydroxylation sites is 2. The van der Waals surface area contributed by atoms with Gasteiger partial charge in [-0.3, -0.25) is 11.5 Å². The van der Waals surface area contributed by atoms with Crippen LogP contribution in [0.15, 0.2) is 47.8 Å². The first-order valence-corrected chi connectivity index (χ1v) is 5.51. The second-order valence-corrected chi connectivity index (χ2v) is 4.56. The van der Waals surface area contributed by atoms with E-state index in [1.54, 1.807) is 0 Å². The molecule has 0 radical (unpaired) electrons. The summed E-state index contributed by atoms with van der Waals surface area (Å²) in [6.07, 6.45) is 2.59. The maximum Gasteiger partial charge on any atom is 0.182 e. The van der Waals surface area contributed by atoms with Gasteiger partial charge in [-0.25, -0.2) is 0 Å². The lowest BCUT2D eigenvalue weighted by Gasteiger charge is -2.39. The van der Waals surface area contributed by atoms with Crippen LogP contribution in [0.2, 0.25) is 0 Å². The van der Waals surface area contributed by atoms with Crippen molar-refractivity contribution in [1.29, 1.82) is 0 Å². The van der Waals surface area contributed by atoms with Crippen molar-refractivity contribution in [2.45, 2.75) is 11.4 Å². The SMILES string of the molecule is NC1(O)C=C2Nc3ccccc3NC2=CC1(N)O. The normalized spacial score (nSPS) is 33.3. The van der Waals surface area contributed by atoms with Gasteiger partial charge in [0.2, 0.25) is 0 Å². The van der Waals surface area contributed by atoms with Crippen molar-refractivity contribution in [2.24, 2.45) is 11.5 Å². The van der Waals surface area contributed by atoms with Crippen LogP contribution >= 0.6 is 0 Å². The molecule has 3 rings (SSSR count). The average molecular weight is 246 g/mol. The monoisotopic (exact) mass is 246 g/mol. The summed E-state index contributed by atoms with van der Waals surface area (Å²) < 4.78 is 0. The number of nitrogens with two attached hydrogens (primary N) is 2. The molecule has 94 valence electrons. The highest BCUT2D eigenvalue weighted by molar-refractivity contribution is 5.79. The summed E-state index contributed by atoms with van der Waals surface area (Å²) in [5, 5.41) is 26.0. The number of anilines is 2. The molecule has 1 heterocycles. The Morgan fingerprint density at radius 1 is 0.833 bits per heavy atom. The molecule has 0 aromatic heterocycles. The minimum atomic E-state index is -2.02. The van der Waals surface area contributed by atoms with Crippen molar-refractivity contribution in [2.75, 3.05) is 10.6 Å². The smallest absolute Gasteiger partial charge is 0.182 e. The first-order chi connectivity index (χ1) is 8.39. The van der Waals surface area contributed by atoms with E-state index in [-0.39, 0.29) is 0 Å². The molecule has 1 aliphatic heterocycles. The fourth-order valence-electron chi connectivity index (χ4n) is 2.02. The molecule has 1 aromatic rings. The molecule has 1 aliphatic carbocycles. The largest absolute Gasteiger partial charge is 0.368 e. The third-order valence-corrected chi connectivity index (χ3v) is 3.13. The molecule has 0 saturated heterocycles. The van der Waals surface area contributed by atoms with E-state index < -0.39 is 11.4 Å². The Morgan fingerprint density at radius 3 is 1.61 bits per heavy atom. The van der Waals surface area contributed by atoms with Gasteiger partial charge >= 0.3 is 0 Å². The van der Waals surface area contributed by atoms with E-state index in [2.05, 4.69) is 10.6 Å². The fourth-order valence-corrected chi connectivity index (χ4v) is 2.02. The van der Waals surface area contributed by atoms with Crippen molar-refractivity contribution in [3.63, 3.8) is 0 Å². The molecule has 6 nitrogen and oxygen atoms in total. The third kappa shape index (κ3) is 1.52. The first-order valence-electron chi connectivity index (χ1n) is 5.51. The molecule has 0 fully saturated rings. The lowest BCUT2D eigenvalue weighted by Crippen LogP contribution is -2.65. The molecular weight excluding hydrogens is 232 g/mol. The summed E-state index contributed by atoms with van der Waals surface area (Å²) in [5.41, 5.74) is 9.98. The number of benzene rings is 1. The standard InChI is InChI=1S/C12H14N4O2/c13-11(17)5-9-10(6-12(11,14)18)16-8-4-2-1-3-7(8)15-9/h1-6,15-18H,13-14H2. The van der Waals surface area contributed by atoms with Crippen LogP contribution in [-0.2, 0) is 0 Å². The van der Waals surface area contributed by atoms with Crippen LogP contribution in [0.4, 0.5) is 11.4 Å². The number of hydrogen-bond donors (Lipinski definition) is 6. The predicted octanol–water partition coefficient (Wildman–Crippen LogP) is -0.400. The third-order valence-electron chi connectivity index (χ3n) is 3.13. The summed E-state index contributed by atoms with van der Waals surface area (Å²) in [7, 11) is 0. The van der Waals surface area contributed by atoms with Gasteiger partial charge in [-0.05, 0) is 24.3 Å². The van der Waals surface area contributed by atoms with E-state index in [1.165, 1.54) is 12.2 Å². The molecule has 2 unspecified atom stereocenters. The van der Waals surface area contributed by atoms with E-state index in [1.807, 2.05) is 24.3 Å². The number of aliphatic hydroxyl groups is 2. The first kappa shape index (κ1) is 11.2. The molecule has 2 aliphatic rings. The Labute approximate surface area is 104 Å². The van der Waals surface area contributed by atoms with Gasteiger partial charge in [-0.1, -0.05) is 12.1 Å². The zero-order chi connectivity index (χ0) is 13.0. The number of fused-ring (bicyclic) bond motifs is 2. The maximum atomic E-state index is 9.90. The highest BCUT2D eigenvalue weighted by Gasteiger charge is 2.45. The van der Waals surface area contributed by atoms with Gasteiger partial charge in [0, 0.05) is 0 Å². The van der Waals surface area contributed by atoms with Crippen LogP contribution in [-0.4, -0.2) is 21.7 Å². The summed E-state index contributed by atoms with van der Waals surface area (Å²) in [4.78, 5) is 0. The van der Waals surface area contributed by atoms with E-state index in [0.717, 1.165) is 11.4 Å². The van der Waals surface area contributed by atoms with Gasteiger partial charge in [0.25, 0.3) is 0 Å². The van der Waals surface area contributed by atoms with E-state index in [0.29, 0.717) is 11.4 Å². The van der Waals surface area contributed by atoms with Gasteiger partial charge < -0.3 is 20.8 Å². The fraction of sp³-hybridized carbons (Fsp3) is 0.167. The Hall–Kier alpha value is -1.86. The van der Waals surface area contributed by atoms with Crippen molar-refractivity contribution < 1.29 is 10.2 Å². The second kappa shape index (κ2) is 3.33. The molecule has 2 atom stereocenters. The van der Waals surface area contributed by atoms with Crippen LogP contribution in [0.25, 0.3) is 0 Å². The molecule has 18 heavy (non-hydrogen) atoms. The van der Waals surface area contributed by atoms with Gasteiger partial charge in [-0.15, -0.1) is 0 Å². The Kier molecular flexibility index (Phi) is 2.08. The van der Waals surface area contributed by atoms with Gasteiger partial charge in [0.15, 0.2) is 11.4 Å². The van der Waals surface area contributed by atoms with Crippen molar-refractivity contribution in [1.82, 2.24) is 0 Å². The van der Waals surface area contributed by atoms with Crippen molar-refractivity contribution in [3.8, 4) is 0 Å². The lowest BCUT2D eigenvalue weighted by molar-refractivity contribution is -0.0868. The molecule has 0 spiro atoms. The number of hydrogen-bond acceptors (Lipinski definition) is 6. The van der Waals surface area contributed by atoms with Crippen LogP contribution in [0, 0.1) is 0 Å². The topological polar surface area (TPSA) is 117 Å². The molecule has 8 N–H and O–H groups in total.